The number of fused-ring (bicyclic) bond motifs is 1. The summed E-state index contributed by atoms with van der Waals surface area (Å²) in [6, 6.07) is 15.7. The zero-order chi connectivity index (χ0) is 47.5. The molecule has 0 spiro atoms. The van der Waals surface area contributed by atoms with Crippen LogP contribution in [0.15, 0.2) is 85.1 Å². The number of carboxylic acids is 1. The Balaban J connectivity index is 1.52. The van der Waals surface area contributed by atoms with Crippen LogP contribution in [0.2, 0.25) is 0 Å². The number of nitrogens with one attached hydrogen (secondary N) is 6. The zero-order valence-electron chi connectivity index (χ0n) is 36.9. The van der Waals surface area contributed by atoms with Gasteiger partial charge in [-0.2, -0.15) is 0 Å². The number of aromatic nitrogens is 1. The molecule has 0 bridgehead atoms. The summed E-state index contributed by atoms with van der Waals surface area (Å²) in [6.45, 7) is 3.24. The highest BCUT2D eigenvalue weighted by Crippen LogP contribution is 2.20. The molecule has 0 aliphatic rings. The van der Waals surface area contributed by atoms with Crippen LogP contribution in [0.1, 0.15) is 75.5 Å². The number of unbranched alkanes of at least 4 members (excludes halogenated alkanes) is 2. The lowest BCUT2D eigenvalue weighted by molar-refractivity contribution is -0.147. The number of aromatic amines is 1. The van der Waals surface area contributed by atoms with Crippen LogP contribution >= 0.6 is 0 Å². The largest absolute Gasteiger partial charge is 0.508 e. The van der Waals surface area contributed by atoms with Gasteiger partial charge in [-0.3, -0.25) is 38.4 Å². The second-order valence-corrected chi connectivity index (χ2v) is 15.9. The van der Waals surface area contributed by atoms with Gasteiger partial charge >= 0.3 is 5.97 Å². The van der Waals surface area contributed by atoms with Crippen molar-refractivity contribution < 1.29 is 48.6 Å². The van der Waals surface area contributed by atoms with Crippen LogP contribution in [0.25, 0.3) is 10.9 Å². The zero-order valence-corrected chi connectivity index (χ0v) is 36.9. The van der Waals surface area contributed by atoms with Gasteiger partial charge in [-0.25, -0.2) is 0 Å². The first-order valence-corrected chi connectivity index (χ1v) is 21.7. The van der Waals surface area contributed by atoms with Crippen LogP contribution in [0.4, 0.5) is 0 Å². The first kappa shape index (κ1) is 50.4. The van der Waals surface area contributed by atoms with Crippen molar-refractivity contribution in [3.8, 4) is 5.75 Å². The van der Waals surface area contributed by atoms with Gasteiger partial charge in [0.1, 0.15) is 36.0 Å². The van der Waals surface area contributed by atoms with Crippen molar-refractivity contribution in [3.05, 3.63) is 102 Å². The molecule has 0 unspecified atom stereocenters. The Bertz CT molecular complexity index is 2270. The average Bonchev–Trinajstić information content (AvgIpc) is 3.69. The fraction of sp³-hybridized carbons (Fsp3) is 0.404. The van der Waals surface area contributed by atoms with Crippen molar-refractivity contribution in [3.63, 3.8) is 0 Å². The molecule has 0 fully saturated rings. The summed E-state index contributed by atoms with van der Waals surface area (Å²) >= 11 is 0. The molecule has 1 aromatic heterocycles. The number of nitrogens with zero attached hydrogens (tertiary/aromatic N) is 1. The Labute approximate surface area is 377 Å². The number of primary amides is 1. The van der Waals surface area contributed by atoms with Gasteiger partial charge in [0.15, 0.2) is 0 Å². The molecule has 0 aliphatic heterocycles. The Hall–Kier alpha value is -7.24. The molecule has 348 valence electrons. The van der Waals surface area contributed by atoms with Crippen molar-refractivity contribution in [2.45, 2.75) is 108 Å². The summed E-state index contributed by atoms with van der Waals surface area (Å²) in [5.74, 6) is -6.51. The number of carbonyl (C=O) groups excluding carboxylic acids is 7. The van der Waals surface area contributed by atoms with Crippen molar-refractivity contribution in [1.82, 2.24) is 36.5 Å². The predicted molar refractivity (Wildman–Crippen MR) is 242 cm³/mol. The lowest BCUT2D eigenvalue weighted by Crippen LogP contribution is -2.59. The highest BCUT2D eigenvalue weighted by atomic mass is 16.4. The summed E-state index contributed by atoms with van der Waals surface area (Å²) < 4.78 is 0. The average molecular weight is 897 g/mol. The van der Waals surface area contributed by atoms with Crippen molar-refractivity contribution in [2.75, 3.05) is 13.6 Å². The molecule has 3 aromatic carbocycles. The highest BCUT2D eigenvalue weighted by molar-refractivity contribution is 5.97. The summed E-state index contributed by atoms with van der Waals surface area (Å²) in [5.41, 5.74) is 8.34. The Kier molecular flexibility index (Phi) is 19.5. The topological polar surface area (TPSA) is 282 Å². The van der Waals surface area contributed by atoms with E-state index in [-0.39, 0.29) is 31.4 Å². The van der Waals surface area contributed by atoms with E-state index >= 15 is 0 Å². The molecule has 7 amide bonds. The summed E-state index contributed by atoms with van der Waals surface area (Å²) in [6.07, 6.45) is 3.56. The number of phenolic OH excluding ortho intramolecular Hbond substituents is 1. The monoisotopic (exact) mass is 896 g/mol. The van der Waals surface area contributed by atoms with Gasteiger partial charge in [-0.05, 0) is 47.7 Å². The van der Waals surface area contributed by atoms with Crippen LogP contribution in [0, 0.1) is 0 Å². The third kappa shape index (κ3) is 15.8. The Morgan fingerprint density at radius 1 is 0.677 bits per heavy atom. The quantitative estimate of drug-likeness (QED) is 0.0443. The molecule has 0 aliphatic carbocycles. The standard InChI is InChI=1S/C47H60N8O10/c1-4-6-16-35(51-40(57)24-30-19-21-32(56)22-20-30)44(62)50-28-41(58)52-38(25-31-27-49-34-18-12-11-15-33(31)34)45(63)53-36(17-7-5-2)47(65)55(3)39(26-42(59)60)46(64)54-37(43(48)61)23-29-13-9-8-10-14-29/h8-15,18-22,27,35-39,49,56H,4-7,16-17,23-26,28H2,1-3H3,(H2,48,61)(H,50,62)(H,51,57)(H,52,58)(H,53,63)(H,54,64)(H,59,60)/t35-,36-,37-,38-,39+/m0/s1. The molecule has 10 N–H and O–H groups in total. The van der Waals surface area contributed by atoms with Crippen molar-refractivity contribution in [1.29, 1.82) is 0 Å². The maximum absolute atomic E-state index is 14.3. The summed E-state index contributed by atoms with van der Waals surface area (Å²) in [7, 11) is 1.23. The molecule has 5 atom stereocenters. The number of amides is 7. The van der Waals surface area contributed by atoms with E-state index in [4.69, 9.17) is 5.73 Å². The predicted octanol–water partition coefficient (Wildman–Crippen LogP) is 2.12. The van der Waals surface area contributed by atoms with E-state index < -0.39 is 90.5 Å². The SMILES string of the molecule is CCCC[C@H](NC(=O)Cc1ccc(O)cc1)C(=O)NCC(=O)N[C@@H](Cc1c[nH]c2ccccc12)C(=O)N[C@@H](CCCC)C(=O)N(C)[C@H](CC(=O)O)C(=O)N[C@@H](Cc1ccccc1)C(N)=O. The van der Waals surface area contributed by atoms with Gasteiger partial charge in [0.05, 0.1) is 19.4 Å². The number of rotatable bonds is 26. The molecular formula is C47H60N8O10. The molecule has 0 radical (unpaired) electrons. The fourth-order valence-corrected chi connectivity index (χ4v) is 7.24. The maximum atomic E-state index is 14.3. The number of nitrogens with two attached hydrogens (primary N) is 1. The van der Waals surface area contributed by atoms with Gasteiger partial charge in [-0.15, -0.1) is 0 Å². The minimum absolute atomic E-state index is 0.0137. The number of aromatic hydroxyl groups is 1. The second kappa shape index (κ2) is 25.2. The molecular weight excluding hydrogens is 837 g/mol. The van der Waals surface area contributed by atoms with E-state index in [1.807, 2.05) is 38.1 Å². The molecule has 0 saturated heterocycles. The van der Waals surface area contributed by atoms with Gasteiger partial charge in [-0.1, -0.05) is 100 Å². The number of hydrogen-bond acceptors (Lipinski definition) is 9. The second-order valence-electron chi connectivity index (χ2n) is 15.9. The van der Waals surface area contributed by atoms with Crippen molar-refractivity contribution in [2.24, 2.45) is 5.73 Å². The van der Waals surface area contributed by atoms with Crippen LogP contribution in [0.3, 0.4) is 0 Å². The van der Waals surface area contributed by atoms with Crippen LogP contribution < -0.4 is 32.3 Å². The maximum Gasteiger partial charge on any atom is 0.305 e. The van der Waals surface area contributed by atoms with E-state index in [2.05, 4.69) is 31.6 Å². The number of para-hydroxylation sites is 1. The number of benzene rings is 3. The Morgan fingerprint density at radius 3 is 1.94 bits per heavy atom. The van der Waals surface area contributed by atoms with Gasteiger partial charge in [0, 0.05) is 37.0 Å². The lowest BCUT2D eigenvalue weighted by atomic mass is 10.0. The lowest BCUT2D eigenvalue weighted by Gasteiger charge is -2.31. The summed E-state index contributed by atoms with van der Waals surface area (Å²) in [4.78, 5) is 111. The minimum Gasteiger partial charge on any atom is -0.508 e. The molecule has 18 heteroatoms. The molecule has 1 heterocycles. The van der Waals surface area contributed by atoms with E-state index in [9.17, 15) is 48.6 Å². The van der Waals surface area contributed by atoms with Crippen molar-refractivity contribution >= 4 is 58.2 Å². The Morgan fingerprint density at radius 2 is 1.29 bits per heavy atom. The van der Waals surface area contributed by atoms with E-state index in [0.717, 1.165) is 22.2 Å². The van der Waals surface area contributed by atoms with Gasteiger partial charge in [0.2, 0.25) is 41.4 Å². The normalized spacial score (nSPS) is 13.3. The number of carboxylic acid groups (broad SMARTS) is 1. The third-order valence-corrected chi connectivity index (χ3v) is 10.9. The van der Waals surface area contributed by atoms with Gasteiger partial charge in [0.25, 0.3) is 0 Å². The number of hydrogen-bond donors (Lipinski definition) is 9. The number of aliphatic carboxylic acids is 1. The number of carbonyl (C=O) groups is 8. The first-order chi connectivity index (χ1) is 31.1. The molecule has 4 rings (SSSR count). The smallest absolute Gasteiger partial charge is 0.305 e. The van der Waals surface area contributed by atoms with Crippen LogP contribution in [-0.2, 0) is 57.6 Å². The molecule has 65 heavy (non-hydrogen) atoms. The van der Waals surface area contributed by atoms with Crippen LogP contribution in [0.5, 0.6) is 5.75 Å². The van der Waals surface area contributed by atoms with E-state index in [1.54, 1.807) is 48.7 Å². The number of H-pyrrole nitrogens is 1. The third-order valence-electron chi connectivity index (χ3n) is 10.9. The molecule has 18 nitrogen and oxygen atoms in total. The van der Waals surface area contributed by atoms with Gasteiger partial charge < -0.3 is 52.4 Å². The number of phenols is 1. The fourth-order valence-electron chi connectivity index (χ4n) is 7.24. The highest BCUT2D eigenvalue weighted by Gasteiger charge is 2.36. The first-order valence-electron chi connectivity index (χ1n) is 21.7. The van der Waals surface area contributed by atoms with Crippen LogP contribution in [-0.4, -0.2) is 111 Å². The molecule has 4 aromatic rings. The summed E-state index contributed by atoms with van der Waals surface area (Å²) in [5, 5.41) is 33.3. The van der Waals surface area contributed by atoms with E-state index in [0.29, 0.717) is 42.4 Å². The number of likely N-dealkylation sites (N-methyl/N-ethyl adjacent to an activating group) is 1. The van der Waals surface area contributed by atoms with E-state index in [1.165, 1.54) is 19.2 Å². The minimum atomic E-state index is -1.61. The molecule has 0 saturated carbocycles.